The molecule has 0 fully saturated rings. The van der Waals surface area contributed by atoms with Crippen LogP contribution in [0.25, 0.3) is 0 Å². The lowest BCUT2D eigenvalue weighted by Crippen LogP contribution is -2.32. The van der Waals surface area contributed by atoms with Crippen molar-refractivity contribution in [3.8, 4) is 0 Å². The Morgan fingerprint density at radius 2 is 2.18 bits per heavy atom. The molecule has 1 unspecified atom stereocenters. The van der Waals surface area contributed by atoms with Gasteiger partial charge in [0.1, 0.15) is 0 Å². The Kier molecular flexibility index (Phi) is 4.83. The Morgan fingerprint density at radius 1 is 1.64 bits per heavy atom. The lowest BCUT2D eigenvalue weighted by molar-refractivity contribution is 0.207. The summed E-state index contributed by atoms with van der Waals surface area (Å²) in [7, 11) is 0. The van der Waals surface area contributed by atoms with Gasteiger partial charge in [-0.05, 0) is 5.57 Å². The van der Waals surface area contributed by atoms with Gasteiger partial charge in [0.05, 0.1) is 6.10 Å². The van der Waals surface area contributed by atoms with Crippen molar-refractivity contribution in [2.45, 2.75) is 26.0 Å². The molecule has 1 atom stereocenters. The zero-order chi connectivity index (χ0) is 8.85. The minimum atomic E-state index is -0.505. The molecule has 0 heterocycles. The highest BCUT2D eigenvalue weighted by atomic mass is 16.3. The molecule has 0 aromatic heterocycles. The van der Waals surface area contributed by atoms with E-state index in [4.69, 9.17) is 0 Å². The summed E-state index contributed by atoms with van der Waals surface area (Å²) in [4.78, 5) is 0. The number of nitrogens with one attached hydrogen (secondary N) is 1. The van der Waals surface area contributed by atoms with Crippen LogP contribution in [0.4, 0.5) is 0 Å². The van der Waals surface area contributed by atoms with E-state index < -0.39 is 6.10 Å². The molecule has 0 aromatic carbocycles. The minimum Gasteiger partial charge on any atom is -0.387 e. The highest BCUT2D eigenvalue weighted by molar-refractivity contribution is 5.16. The van der Waals surface area contributed by atoms with Gasteiger partial charge in [0, 0.05) is 12.6 Å². The molecule has 2 nitrogen and oxygen atoms in total. The van der Waals surface area contributed by atoms with E-state index in [0.29, 0.717) is 18.2 Å². The summed E-state index contributed by atoms with van der Waals surface area (Å²) in [6.07, 6.45) is 1.07. The maximum absolute atomic E-state index is 9.33. The van der Waals surface area contributed by atoms with Crippen LogP contribution in [0, 0.1) is 0 Å². The molecule has 0 aliphatic carbocycles. The average Bonchev–Trinajstić information content (AvgIpc) is 1.98. The van der Waals surface area contributed by atoms with Gasteiger partial charge in [-0.15, -0.1) is 0 Å². The van der Waals surface area contributed by atoms with Crippen LogP contribution in [0.5, 0.6) is 0 Å². The fourth-order valence-corrected chi connectivity index (χ4v) is 0.614. The van der Waals surface area contributed by atoms with Crippen LogP contribution in [-0.4, -0.2) is 23.8 Å². The van der Waals surface area contributed by atoms with Crippen molar-refractivity contribution < 1.29 is 5.11 Å². The van der Waals surface area contributed by atoms with Crippen molar-refractivity contribution >= 4 is 0 Å². The second-order valence-electron chi connectivity index (χ2n) is 2.86. The van der Waals surface area contributed by atoms with Gasteiger partial charge >= 0.3 is 0 Å². The Bertz CT molecular complexity index is 140. The van der Waals surface area contributed by atoms with Gasteiger partial charge in [0.25, 0.3) is 0 Å². The van der Waals surface area contributed by atoms with Crippen molar-refractivity contribution in [2.24, 2.45) is 0 Å². The fourth-order valence-electron chi connectivity index (χ4n) is 0.614. The highest BCUT2D eigenvalue weighted by Gasteiger charge is 2.04. The number of aliphatic hydroxyl groups excluding tert-OH is 1. The van der Waals surface area contributed by atoms with E-state index in [9.17, 15) is 5.11 Å². The average molecular weight is 155 g/mol. The molecule has 0 saturated carbocycles. The summed E-state index contributed by atoms with van der Waals surface area (Å²) in [5, 5.41) is 12.4. The third kappa shape index (κ3) is 4.76. The van der Waals surface area contributed by atoms with Crippen LogP contribution in [0.3, 0.4) is 0 Å². The normalized spacial score (nSPS) is 13.1. The van der Waals surface area contributed by atoms with Crippen LogP contribution in [0.1, 0.15) is 13.8 Å². The van der Waals surface area contributed by atoms with E-state index in [1.54, 1.807) is 6.08 Å². The predicted octanol–water partition coefficient (Wildman–Crippen LogP) is 1.09. The highest BCUT2D eigenvalue weighted by Crippen LogP contribution is 1.98. The van der Waals surface area contributed by atoms with E-state index in [1.165, 1.54) is 0 Å². The quantitative estimate of drug-likeness (QED) is 0.582. The Labute approximate surface area is 68.6 Å². The van der Waals surface area contributed by atoms with E-state index in [2.05, 4.69) is 18.5 Å². The lowest BCUT2D eigenvalue weighted by atomic mass is 10.1. The van der Waals surface area contributed by atoms with Gasteiger partial charge in [0.15, 0.2) is 0 Å². The molecule has 11 heavy (non-hydrogen) atoms. The second kappa shape index (κ2) is 5.10. The Balaban J connectivity index is 3.60. The van der Waals surface area contributed by atoms with Crippen LogP contribution >= 0.6 is 0 Å². The van der Waals surface area contributed by atoms with Crippen molar-refractivity contribution in [2.75, 3.05) is 6.54 Å². The SMILES string of the molecule is C=CC(=C)C(O)CNC(C)C. The molecule has 0 aromatic rings. The second-order valence-corrected chi connectivity index (χ2v) is 2.86. The molecular formula is C9H17NO. The van der Waals surface area contributed by atoms with Crippen LogP contribution in [0.15, 0.2) is 24.8 Å². The third-order valence-corrected chi connectivity index (χ3v) is 1.41. The molecule has 64 valence electrons. The first-order chi connectivity index (χ1) is 5.07. The van der Waals surface area contributed by atoms with Gasteiger partial charge in [-0.3, -0.25) is 0 Å². The number of rotatable bonds is 5. The number of aliphatic hydroxyl groups is 1. The zero-order valence-electron chi connectivity index (χ0n) is 7.30. The van der Waals surface area contributed by atoms with Crippen LogP contribution in [0.2, 0.25) is 0 Å². The summed E-state index contributed by atoms with van der Waals surface area (Å²) < 4.78 is 0. The summed E-state index contributed by atoms with van der Waals surface area (Å²) >= 11 is 0. The molecule has 2 heteroatoms. The number of hydrogen-bond acceptors (Lipinski definition) is 2. The smallest absolute Gasteiger partial charge is 0.0908 e. The maximum Gasteiger partial charge on any atom is 0.0908 e. The summed E-state index contributed by atoms with van der Waals surface area (Å²) in [6.45, 7) is 11.8. The Hall–Kier alpha value is -0.600. The van der Waals surface area contributed by atoms with Gasteiger partial charge in [-0.1, -0.05) is 33.1 Å². The van der Waals surface area contributed by atoms with Gasteiger partial charge < -0.3 is 10.4 Å². The van der Waals surface area contributed by atoms with Crippen LogP contribution < -0.4 is 5.32 Å². The molecule has 0 aliphatic rings. The molecule has 0 aliphatic heterocycles. The minimum absolute atomic E-state index is 0.391. The Morgan fingerprint density at radius 3 is 2.55 bits per heavy atom. The van der Waals surface area contributed by atoms with E-state index in [0.717, 1.165) is 0 Å². The zero-order valence-corrected chi connectivity index (χ0v) is 7.30. The molecule has 2 N–H and O–H groups in total. The molecule has 0 radical (unpaired) electrons. The standard InChI is InChI=1S/C9H17NO/c1-5-8(4)9(11)6-10-7(2)3/h5,7,9-11H,1,4,6H2,2-3H3. The predicted molar refractivity (Wildman–Crippen MR) is 48.5 cm³/mol. The maximum atomic E-state index is 9.33. The van der Waals surface area contributed by atoms with E-state index >= 15 is 0 Å². The molecule has 0 rings (SSSR count). The van der Waals surface area contributed by atoms with Crippen molar-refractivity contribution in [1.82, 2.24) is 5.32 Å². The first kappa shape index (κ1) is 10.4. The molecule has 0 saturated heterocycles. The largest absolute Gasteiger partial charge is 0.387 e. The molecule has 0 spiro atoms. The van der Waals surface area contributed by atoms with Gasteiger partial charge in [0.2, 0.25) is 0 Å². The first-order valence-corrected chi connectivity index (χ1v) is 3.80. The van der Waals surface area contributed by atoms with E-state index in [1.807, 2.05) is 13.8 Å². The lowest BCUT2D eigenvalue weighted by Gasteiger charge is -2.13. The molecule has 0 bridgehead atoms. The molecule has 0 amide bonds. The van der Waals surface area contributed by atoms with Crippen molar-refractivity contribution in [1.29, 1.82) is 0 Å². The first-order valence-electron chi connectivity index (χ1n) is 3.80. The van der Waals surface area contributed by atoms with Gasteiger partial charge in [-0.2, -0.15) is 0 Å². The van der Waals surface area contributed by atoms with Crippen LogP contribution in [-0.2, 0) is 0 Å². The number of hydrogen-bond donors (Lipinski definition) is 2. The summed E-state index contributed by atoms with van der Waals surface area (Å²) in [5.41, 5.74) is 0.665. The molecular weight excluding hydrogens is 138 g/mol. The summed E-state index contributed by atoms with van der Waals surface area (Å²) in [5.74, 6) is 0. The van der Waals surface area contributed by atoms with E-state index in [-0.39, 0.29) is 0 Å². The van der Waals surface area contributed by atoms with Crippen molar-refractivity contribution in [3.05, 3.63) is 24.8 Å². The third-order valence-electron chi connectivity index (χ3n) is 1.41. The monoisotopic (exact) mass is 155 g/mol. The fraction of sp³-hybridized carbons (Fsp3) is 0.556. The van der Waals surface area contributed by atoms with Crippen molar-refractivity contribution in [3.63, 3.8) is 0 Å². The topological polar surface area (TPSA) is 32.3 Å². The van der Waals surface area contributed by atoms with Gasteiger partial charge in [-0.25, -0.2) is 0 Å². The summed E-state index contributed by atoms with van der Waals surface area (Å²) in [6, 6.07) is 0.391.